The predicted octanol–water partition coefficient (Wildman–Crippen LogP) is 2.69. The number of para-hydroxylation sites is 1. The molecule has 0 atom stereocenters. The number of amides is 1. The van der Waals surface area contributed by atoms with E-state index in [1.807, 2.05) is 24.3 Å². The normalized spacial score (nSPS) is 11.8. The summed E-state index contributed by atoms with van der Waals surface area (Å²) in [6.07, 6.45) is 0.804. The smallest absolute Gasteiger partial charge is 0.242 e. The highest BCUT2D eigenvalue weighted by atomic mass is 16.3. The second-order valence-corrected chi connectivity index (χ2v) is 5.74. The molecule has 1 aromatic carbocycles. The summed E-state index contributed by atoms with van der Waals surface area (Å²) in [5.74, 6) is 0.852. The molecule has 0 aliphatic carbocycles. The lowest BCUT2D eigenvalue weighted by atomic mass is 10.0. The van der Waals surface area contributed by atoms with Gasteiger partial charge < -0.3 is 15.1 Å². The summed E-state index contributed by atoms with van der Waals surface area (Å²) in [6, 6.07) is 7.91. The first-order valence-corrected chi connectivity index (χ1v) is 6.88. The predicted molar refractivity (Wildman–Crippen MR) is 80.3 cm³/mol. The summed E-state index contributed by atoms with van der Waals surface area (Å²) in [5, 5.41) is 1.07. The van der Waals surface area contributed by atoms with Gasteiger partial charge in [0.25, 0.3) is 0 Å². The van der Waals surface area contributed by atoms with E-state index < -0.39 is 5.54 Å². The van der Waals surface area contributed by atoms with E-state index in [0.717, 1.165) is 28.7 Å². The van der Waals surface area contributed by atoms with Crippen LogP contribution in [-0.4, -0.2) is 23.4 Å². The van der Waals surface area contributed by atoms with Crippen LogP contribution < -0.4 is 5.73 Å². The molecular formula is C16H22N2O2. The van der Waals surface area contributed by atoms with E-state index in [0.29, 0.717) is 6.54 Å². The molecule has 2 N–H and O–H groups in total. The second kappa shape index (κ2) is 5.29. The summed E-state index contributed by atoms with van der Waals surface area (Å²) in [5.41, 5.74) is 6.96. The molecule has 2 rings (SSSR count). The first-order valence-electron chi connectivity index (χ1n) is 6.88. The van der Waals surface area contributed by atoms with Gasteiger partial charge in [-0.1, -0.05) is 25.1 Å². The Kier molecular flexibility index (Phi) is 3.86. The minimum Gasteiger partial charge on any atom is -0.461 e. The molecule has 1 amide bonds. The molecule has 4 heteroatoms. The number of carbonyl (C=O) groups is 1. The van der Waals surface area contributed by atoms with E-state index in [1.165, 1.54) is 0 Å². The Labute approximate surface area is 119 Å². The minimum absolute atomic E-state index is 0.0789. The third kappa shape index (κ3) is 2.70. The number of rotatable bonds is 4. The van der Waals surface area contributed by atoms with Crippen molar-refractivity contribution in [2.75, 3.05) is 7.05 Å². The number of benzene rings is 1. The maximum atomic E-state index is 12.2. The number of aryl methyl sites for hydroxylation is 1. The zero-order valence-electron chi connectivity index (χ0n) is 12.6. The average molecular weight is 274 g/mol. The van der Waals surface area contributed by atoms with E-state index in [1.54, 1.807) is 25.8 Å². The highest BCUT2D eigenvalue weighted by Crippen LogP contribution is 2.27. The van der Waals surface area contributed by atoms with Crippen LogP contribution in [0, 0.1) is 0 Å². The molecule has 0 saturated heterocycles. The Morgan fingerprint density at radius 2 is 2.00 bits per heavy atom. The number of nitrogens with two attached hydrogens (primary N) is 1. The molecule has 20 heavy (non-hydrogen) atoms. The first kappa shape index (κ1) is 14.6. The van der Waals surface area contributed by atoms with Gasteiger partial charge in [-0.05, 0) is 19.9 Å². The lowest BCUT2D eigenvalue weighted by Crippen LogP contribution is -2.49. The molecule has 4 nitrogen and oxygen atoms in total. The number of hydrogen-bond acceptors (Lipinski definition) is 3. The van der Waals surface area contributed by atoms with Gasteiger partial charge in [0, 0.05) is 31.0 Å². The van der Waals surface area contributed by atoms with Crippen molar-refractivity contribution in [3.05, 3.63) is 35.6 Å². The van der Waals surface area contributed by atoms with Crippen molar-refractivity contribution in [1.29, 1.82) is 0 Å². The van der Waals surface area contributed by atoms with Crippen LogP contribution in [0.15, 0.2) is 28.7 Å². The standard InChI is InChI=1S/C16H22N2O2/c1-5-13-12(10-18(4)15(19)16(2,3)17)11-8-6-7-9-14(11)20-13/h6-9H,5,10,17H2,1-4H3. The van der Waals surface area contributed by atoms with Gasteiger partial charge in [0.15, 0.2) is 0 Å². The van der Waals surface area contributed by atoms with Crippen LogP contribution in [0.2, 0.25) is 0 Å². The van der Waals surface area contributed by atoms with Crippen LogP contribution in [0.1, 0.15) is 32.1 Å². The molecule has 0 bridgehead atoms. The quantitative estimate of drug-likeness (QED) is 0.932. The number of likely N-dealkylation sites (N-methyl/N-ethyl adjacent to an activating group) is 1. The molecule has 0 fully saturated rings. The van der Waals surface area contributed by atoms with Crippen molar-refractivity contribution in [1.82, 2.24) is 4.90 Å². The fourth-order valence-electron chi connectivity index (χ4n) is 2.41. The van der Waals surface area contributed by atoms with Crippen LogP contribution >= 0.6 is 0 Å². The van der Waals surface area contributed by atoms with E-state index in [2.05, 4.69) is 6.92 Å². The second-order valence-electron chi connectivity index (χ2n) is 5.74. The Morgan fingerprint density at radius 3 is 2.60 bits per heavy atom. The average Bonchev–Trinajstić information content (AvgIpc) is 2.75. The van der Waals surface area contributed by atoms with Crippen molar-refractivity contribution in [3.63, 3.8) is 0 Å². The SMILES string of the molecule is CCc1oc2ccccc2c1CN(C)C(=O)C(C)(C)N. The van der Waals surface area contributed by atoms with E-state index in [-0.39, 0.29) is 5.91 Å². The summed E-state index contributed by atoms with van der Waals surface area (Å²) in [4.78, 5) is 13.9. The third-order valence-electron chi connectivity index (χ3n) is 3.40. The summed E-state index contributed by atoms with van der Waals surface area (Å²) < 4.78 is 5.85. The zero-order valence-corrected chi connectivity index (χ0v) is 12.6. The Morgan fingerprint density at radius 1 is 1.35 bits per heavy atom. The van der Waals surface area contributed by atoms with Crippen LogP contribution in [-0.2, 0) is 17.8 Å². The number of carbonyl (C=O) groups excluding carboxylic acids is 1. The molecule has 0 aliphatic heterocycles. The number of furan rings is 1. The van der Waals surface area contributed by atoms with Crippen LogP contribution in [0.5, 0.6) is 0 Å². The van der Waals surface area contributed by atoms with Gasteiger partial charge in [0.2, 0.25) is 5.91 Å². The van der Waals surface area contributed by atoms with Crippen LogP contribution in [0.4, 0.5) is 0 Å². The molecule has 108 valence electrons. The van der Waals surface area contributed by atoms with Crippen LogP contribution in [0.25, 0.3) is 11.0 Å². The van der Waals surface area contributed by atoms with Gasteiger partial charge in [0.1, 0.15) is 11.3 Å². The summed E-state index contributed by atoms with van der Waals surface area (Å²) in [6.45, 7) is 6.01. The summed E-state index contributed by atoms with van der Waals surface area (Å²) >= 11 is 0. The van der Waals surface area contributed by atoms with E-state index >= 15 is 0 Å². The van der Waals surface area contributed by atoms with Crippen LogP contribution in [0.3, 0.4) is 0 Å². The molecule has 0 spiro atoms. The molecular weight excluding hydrogens is 252 g/mol. The maximum Gasteiger partial charge on any atom is 0.242 e. The van der Waals surface area contributed by atoms with E-state index in [9.17, 15) is 4.79 Å². The monoisotopic (exact) mass is 274 g/mol. The van der Waals surface area contributed by atoms with Crippen molar-refractivity contribution in [3.8, 4) is 0 Å². The fourth-order valence-corrected chi connectivity index (χ4v) is 2.41. The maximum absolute atomic E-state index is 12.2. The Balaban J connectivity index is 2.36. The lowest BCUT2D eigenvalue weighted by molar-refractivity contribution is -0.134. The van der Waals surface area contributed by atoms with Gasteiger partial charge in [-0.25, -0.2) is 0 Å². The Bertz CT molecular complexity index is 623. The minimum atomic E-state index is -0.860. The fraction of sp³-hybridized carbons (Fsp3) is 0.438. The van der Waals surface area contributed by atoms with E-state index in [4.69, 9.17) is 10.2 Å². The van der Waals surface area contributed by atoms with Gasteiger partial charge in [0.05, 0.1) is 5.54 Å². The van der Waals surface area contributed by atoms with Gasteiger partial charge >= 0.3 is 0 Å². The Hall–Kier alpha value is -1.81. The molecule has 2 aromatic rings. The van der Waals surface area contributed by atoms with Gasteiger partial charge in [-0.15, -0.1) is 0 Å². The molecule has 0 aliphatic rings. The number of hydrogen-bond donors (Lipinski definition) is 1. The van der Waals surface area contributed by atoms with Crippen molar-refractivity contribution >= 4 is 16.9 Å². The zero-order chi connectivity index (χ0) is 14.9. The highest BCUT2D eigenvalue weighted by molar-refractivity contribution is 5.86. The molecule has 1 aromatic heterocycles. The van der Waals surface area contributed by atoms with Crippen molar-refractivity contribution in [2.24, 2.45) is 5.73 Å². The molecule has 0 unspecified atom stereocenters. The van der Waals surface area contributed by atoms with Crippen molar-refractivity contribution in [2.45, 2.75) is 39.3 Å². The summed E-state index contributed by atoms with van der Waals surface area (Å²) in [7, 11) is 1.78. The third-order valence-corrected chi connectivity index (χ3v) is 3.40. The topological polar surface area (TPSA) is 59.5 Å². The first-order chi connectivity index (χ1) is 9.34. The number of nitrogens with zero attached hydrogens (tertiary/aromatic N) is 1. The largest absolute Gasteiger partial charge is 0.461 e. The number of fused-ring (bicyclic) bond motifs is 1. The lowest BCUT2D eigenvalue weighted by Gasteiger charge is -2.25. The molecule has 0 radical (unpaired) electrons. The molecule has 0 saturated carbocycles. The van der Waals surface area contributed by atoms with Gasteiger partial charge in [-0.2, -0.15) is 0 Å². The highest BCUT2D eigenvalue weighted by Gasteiger charge is 2.27. The van der Waals surface area contributed by atoms with Gasteiger partial charge in [-0.3, -0.25) is 4.79 Å². The molecule has 1 heterocycles. The van der Waals surface area contributed by atoms with Crippen molar-refractivity contribution < 1.29 is 9.21 Å².